The van der Waals surface area contributed by atoms with Crippen LogP contribution in [0.2, 0.25) is 0 Å². The third-order valence-corrected chi connectivity index (χ3v) is 3.40. The molecule has 0 aliphatic rings. The molecule has 0 aromatic heterocycles. The monoisotopic (exact) mass is 287 g/mol. The van der Waals surface area contributed by atoms with Gasteiger partial charge in [0.15, 0.2) is 0 Å². The van der Waals surface area contributed by atoms with Crippen LogP contribution in [0.15, 0.2) is 36.4 Å². The van der Waals surface area contributed by atoms with Crippen LogP contribution < -0.4 is 5.73 Å². The SMILES string of the molecule is C#CC(Br)c1cccc2c(C(N)=O)cccc12. The van der Waals surface area contributed by atoms with Crippen molar-refractivity contribution in [2.75, 3.05) is 0 Å². The Labute approximate surface area is 108 Å². The first-order valence-corrected chi connectivity index (χ1v) is 5.98. The Bertz CT molecular complexity index is 628. The Hall–Kier alpha value is -1.79. The second-order valence-corrected chi connectivity index (χ2v) is 4.56. The van der Waals surface area contributed by atoms with Gasteiger partial charge in [-0.1, -0.05) is 52.2 Å². The van der Waals surface area contributed by atoms with Gasteiger partial charge in [-0.2, -0.15) is 0 Å². The smallest absolute Gasteiger partial charge is 0.249 e. The van der Waals surface area contributed by atoms with Crippen molar-refractivity contribution in [1.82, 2.24) is 0 Å². The molecular formula is C14H10BrNO. The molecule has 1 unspecified atom stereocenters. The van der Waals surface area contributed by atoms with Gasteiger partial charge in [0.25, 0.3) is 0 Å². The zero-order chi connectivity index (χ0) is 12.4. The summed E-state index contributed by atoms with van der Waals surface area (Å²) in [5.74, 6) is 2.19. The van der Waals surface area contributed by atoms with Crippen molar-refractivity contribution < 1.29 is 4.79 Å². The van der Waals surface area contributed by atoms with Gasteiger partial charge in [0, 0.05) is 5.56 Å². The maximum absolute atomic E-state index is 11.3. The van der Waals surface area contributed by atoms with Crippen LogP contribution in [-0.4, -0.2) is 5.91 Å². The molecule has 0 radical (unpaired) electrons. The summed E-state index contributed by atoms with van der Waals surface area (Å²) in [5.41, 5.74) is 6.83. The van der Waals surface area contributed by atoms with Gasteiger partial charge in [0.2, 0.25) is 5.91 Å². The van der Waals surface area contributed by atoms with E-state index >= 15 is 0 Å². The highest BCUT2D eigenvalue weighted by Gasteiger charge is 2.11. The summed E-state index contributed by atoms with van der Waals surface area (Å²) in [7, 11) is 0. The van der Waals surface area contributed by atoms with Crippen LogP contribution in [0.1, 0.15) is 20.7 Å². The van der Waals surface area contributed by atoms with Crippen molar-refractivity contribution in [3.63, 3.8) is 0 Å². The van der Waals surface area contributed by atoms with Crippen molar-refractivity contribution >= 4 is 32.6 Å². The largest absolute Gasteiger partial charge is 0.366 e. The molecule has 84 valence electrons. The zero-order valence-electron chi connectivity index (χ0n) is 8.98. The quantitative estimate of drug-likeness (QED) is 0.670. The fourth-order valence-corrected chi connectivity index (χ4v) is 2.26. The molecule has 0 bridgehead atoms. The van der Waals surface area contributed by atoms with Crippen LogP contribution in [0.25, 0.3) is 10.8 Å². The molecule has 1 amide bonds. The number of primary amides is 1. The van der Waals surface area contributed by atoms with Crippen LogP contribution in [0, 0.1) is 12.3 Å². The second kappa shape index (κ2) is 4.60. The maximum Gasteiger partial charge on any atom is 0.249 e. The Morgan fingerprint density at radius 2 is 1.88 bits per heavy atom. The van der Waals surface area contributed by atoms with Gasteiger partial charge in [0.1, 0.15) is 4.83 Å². The number of terminal acetylenes is 1. The average Bonchev–Trinajstić information content (AvgIpc) is 2.36. The summed E-state index contributed by atoms with van der Waals surface area (Å²) < 4.78 is 0. The Balaban J connectivity index is 2.80. The lowest BCUT2D eigenvalue weighted by Gasteiger charge is -2.09. The number of benzene rings is 2. The zero-order valence-corrected chi connectivity index (χ0v) is 10.6. The van der Waals surface area contributed by atoms with E-state index in [2.05, 4.69) is 21.9 Å². The number of fused-ring (bicyclic) bond motifs is 1. The average molecular weight is 288 g/mol. The van der Waals surface area contributed by atoms with Gasteiger partial charge in [-0.15, -0.1) is 6.42 Å². The van der Waals surface area contributed by atoms with Crippen molar-refractivity contribution in [3.8, 4) is 12.3 Å². The predicted octanol–water partition coefficient (Wildman–Crippen LogP) is 3.01. The lowest BCUT2D eigenvalue weighted by atomic mass is 9.98. The van der Waals surface area contributed by atoms with Crippen LogP contribution >= 0.6 is 15.9 Å². The van der Waals surface area contributed by atoms with Crippen LogP contribution in [0.3, 0.4) is 0 Å². The number of halogens is 1. The van der Waals surface area contributed by atoms with Gasteiger partial charge < -0.3 is 5.73 Å². The number of rotatable bonds is 2. The van der Waals surface area contributed by atoms with E-state index in [1.807, 2.05) is 30.3 Å². The number of nitrogens with two attached hydrogens (primary N) is 1. The number of hydrogen-bond acceptors (Lipinski definition) is 1. The number of amides is 1. The number of carbonyl (C=O) groups is 1. The molecule has 0 saturated heterocycles. The molecule has 0 aliphatic heterocycles. The molecule has 2 rings (SSSR count). The van der Waals surface area contributed by atoms with Crippen molar-refractivity contribution in [2.45, 2.75) is 4.83 Å². The molecule has 0 saturated carbocycles. The van der Waals surface area contributed by atoms with Gasteiger partial charge >= 0.3 is 0 Å². The van der Waals surface area contributed by atoms with Crippen LogP contribution in [-0.2, 0) is 0 Å². The van der Waals surface area contributed by atoms with Crippen molar-refractivity contribution in [3.05, 3.63) is 47.5 Å². The van der Waals surface area contributed by atoms with E-state index in [0.29, 0.717) is 5.56 Å². The third-order valence-electron chi connectivity index (χ3n) is 2.64. The molecule has 2 aromatic rings. The molecule has 0 spiro atoms. The molecule has 2 nitrogen and oxygen atoms in total. The first-order chi connectivity index (χ1) is 8.15. The van der Waals surface area contributed by atoms with Gasteiger partial charge in [0.05, 0.1) is 0 Å². The predicted molar refractivity (Wildman–Crippen MR) is 73.0 cm³/mol. The Morgan fingerprint density at radius 1 is 1.24 bits per heavy atom. The Morgan fingerprint density at radius 3 is 2.53 bits per heavy atom. The second-order valence-electron chi connectivity index (χ2n) is 3.64. The van der Waals surface area contributed by atoms with E-state index in [9.17, 15) is 4.79 Å². The molecule has 2 aromatic carbocycles. The summed E-state index contributed by atoms with van der Waals surface area (Å²) in [6.45, 7) is 0. The Kier molecular flexibility index (Phi) is 3.16. The fourth-order valence-electron chi connectivity index (χ4n) is 1.86. The van der Waals surface area contributed by atoms with Gasteiger partial charge in [-0.25, -0.2) is 0 Å². The summed E-state index contributed by atoms with van der Waals surface area (Å²) >= 11 is 3.42. The topological polar surface area (TPSA) is 43.1 Å². The maximum atomic E-state index is 11.3. The minimum absolute atomic E-state index is 0.172. The van der Waals surface area contributed by atoms with E-state index < -0.39 is 5.91 Å². The summed E-state index contributed by atoms with van der Waals surface area (Å²) in [5, 5.41) is 1.78. The lowest BCUT2D eigenvalue weighted by Crippen LogP contribution is -2.11. The first kappa shape index (κ1) is 11.7. The molecule has 3 heteroatoms. The molecule has 1 atom stereocenters. The molecule has 0 aliphatic carbocycles. The highest BCUT2D eigenvalue weighted by atomic mass is 79.9. The fraction of sp³-hybridized carbons (Fsp3) is 0.0714. The first-order valence-electron chi connectivity index (χ1n) is 5.07. The van der Waals surface area contributed by atoms with Crippen LogP contribution in [0.4, 0.5) is 0 Å². The van der Waals surface area contributed by atoms with E-state index in [1.54, 1.807) is 6.07 Å². The molecule has 2 N–H and O–H groups in total. The molecular weight excluding hydrogens is 278 g/mol. The minimum Gasteiger partial charge on any atom is -0.366 e. The summed E-state index contributed by atoms with van der Waals surface area (Å²) in [6.07, 6.45) is 5.40. The summed E-state index contributed by atoms with van der Waals surface area (Å²) in [4.78, 5) is 11.2. The van der Waals surface area contributed by atoms with Gasteiger partial charge in [-0.3, -0.25) is 4.79 Å². The number of hydrogen-bond donors (Lipinski definition) is 1. The van der Waals surface area contributed by atoms with E-state index in [1.165, 1.54) is 0 Å². The van der Waals surface area contributed by atoms with Gasteiger partial charge in [-0.05, 0) is 22.4 Å². The minimum atomic E-state index is -0.431. The van der Waals surface area contributed by atoms with E-state index in [-0.39, 0.29) is 4.83 Å². The van der Waals surface area contributed by atoms with Crippen molar-refractivity contribution in [2.24, 2.45) is 5.73 Å². The van der Waals surface area contributed by atoms with Crippen molar-refractivity contribution in [1.29, 1.82) is 0 Å². The standard InChI is InChI=1S/C14H10BrNO/c1-2-13(15)11-7-3-6-10-9(11)5-4-8-12(10)14(16)17/h1,3-8,13H,(H2,16,17). The number of carbonyl (C=O) groups excluding carboxylic acids is 1. The normalized spacial score (nSPS) is 12.0. The number of alkyl halides is 1. The lowest BCUT2D eigenvalue weighted by molar-refractivity contribution is 0.100. The molecule has 0 fully saturated rings. The highest BCUT2D eigenvalue weighted by molar-refractivity contribution is 9.09. The van der Waals surface area contributed by atoms with E-state index in [0.717, 1.165) is 16.3 Å². The third kappa shape index (κ3) is 2.04. The molecule has 17 heavy (non-hydrogen) atoms. The highest BCUT2D eigenvalue weighted by Crippen LogP contribution is 2.30. The van der Waals surface area contributed by atoms with E-state index in [4.69, 9.17) is 12.2 Å². The van der Waals surface area contributed by atoms with Crippen LogP contribution in [0.5, 0.6) is 0 Å². The molecule has 0 heterocycles. The summed E-state index contributed by atoms with van der Waals surface area (Å²) in [6, 6.07) is 11.1.